The summed E-state index contributed by atoms with van der Waals surface area (Å²) in [5, 5.41) is 3.70. The lowest BCUT2D eigenvalue weighted by Gasteiger charge is -2.35. The summed E-state index contributed by atoms with van der Waals surface area (Å²) in [7, 11) is 0. The van der Waals surface area contributed by atoms with E-state index in [4.69, 9.17) is 0 Å². The molecule has 3 nitrogen and oxygen atoms in total. The second-order valence-corrected chi connectivity index (χ2v) is 7.86. The van der Waals surface area contributed by atoms with E-state index >= 15 is 0 Å². The average molecular weight is 312 g/mol. The van der Waals surface area contributed by atoms with Gasteiger partial charge in [0, 0.05) is 19.1 Å². The Hall–Kier alpha value is -1.35. The first kappa shape index (κ1) is 15.2. The number of amides is 1. The van der Waals surface area contributed by atoms with Gasteiger partial charge in [-0.15, -0.1) is 0 Å². The first-order valence-corrected chi connectivity index (χ1v) is 9.32. The highest BCUT2D eigenvalue weighted by atomic mass is 16.2. The number of carbonyl (C=O) groups is 1. The van der Waals surface area contributed by atoms with E-state index in [2.05, 4.69) is 34.5 Å². The maximum absolute atomic E-state index is 13.0. The summed E-state index contributed by atoms with van der Waals surface area (Å²) in [6.07, 6.45) is 8.13. The Morgan fingerprint density at radius 3 is 2.39 bits per heavy atom. The average Bonchev–Trinajstić information content (AvgIpc) is 3.50. The molecule has 23 heavy (non-hydrogen) atoms. The molecule has 3 aliphatic rings. The molecule has 1 heterocycles. The van der Waals surface area contributed by atoms with Crippen molar-refractivity contribution in [2.45, 2.75) is 51.0 Å². The van der Waals surface area contributed by atoms with Crippen LogP contribution < -0.4 is 5.32 Å². The van der Waals surface area contributed by atoms with Gasteiger partial charge in [0.1, 0.15) is 0 Å². The Labute approximate surface area is 139 Å². The molecule has 2 saturated carbocycles. The van der Waals surface area contributed by atoms with E-state index in [1.54, 1.807) is 0 Å². The molecule has 1 amide bonds. The molecule has 0 aromatic heterocycles. The van der Waals surface area contributed by atoms with Crippen molar-refractivity contribution in [2.24, 2.45) is 11.3 Å². The van der Waals surface area contributed by atoms with Crippen LogP contribution >= 0.6 is 0 Å². The molecule has 1 aromatic rings. The first-order valence-electron chi connectivity index (χ1n) is 9.32. The van der Waals surface area contributed by atoms with Gasteiger partial charge in [-0.05, 0) is 63.0 Å². The fourth-order valence-corrected chi connectivity index (χ4v) is 3.88. The van der Waals surface area contributed by atoms with E-state index in [1.807, 2.05) is 6.07 Å². The van der Waals surface area contributed by atoms with Gasteiger partial charge in [0.2, 0.25) is 5.91 Å². The molecule has 0 unspecified atom stereocenters. The summed E-state index contributed by atoms with van der Waals surface area (Å²) < 4.78 is 0. The lowest BCUT2D eigenvalue weighted by molar-refractivity contribution is -0.138. The zero-order chi connectivity index (χ0) is 15.7. The van der Waals surface area contributed by atoms with Crippen LogP contribution in [-0.2, 0) is 11.2 Å². The van der Waals surface area contributed by atoms with Crippen LogP contribution in [0.25, 0.3) is 0 Å². The predicted octanol–water partition coefficient (Wildman–Crippen LogP) is 3.00. The van der Waals surface area contributed by atoms with Crippen molar-refractivity contribution in [3.8, 4) is 0 Å². The van der Waals surface area contributed by atoms with Crippen LogP contribution in [0.1, 0.15) is 44.1 Å². The third-order valence-corrected chi connectivity index (χ3v) is 5.87. The third-order valence-electron chi connectivity index (χ3n) is 5.87. The number of nitrogens with one attached hydrogen (secondary N) is 1. The van der Waals surface area contributed by atoms with Crippen molar-refractivity contribution in [2.75, 3.05) is 19.6 Å². The molecule has 2 aliphatic carbocycles. The maximum Gasteiger partial charge on any atom is 0.229 e. The number of rotatable bonds is 6. The topological polar surface area (TPSA) is 32.3 Å². The molecule has 124 valence electrons. The van der Waals surface area contributed by atoms with Crippen molar-refractivity contribution in [3.05, 3.63) is 35.9 Å². The first-order chi connectivity index (χ1) is 11.3. The zero-order valence-corrected chi connectivity index (χ0v) is 14.0. The minimum Gasteiger partial charge on any atom is -0.342 e. The van der Waals surface area contributed by atoms with E-state index < -0.39 is 0 Å². The van der Waals surface area contributed by atoms with Gasteiger partial charge in [-0.2, -0.15) is 0 Å². The van der Waals surface area contributed by atoms with E-state index in [0.29, 0.717) is 11.9 Å². The van der Waals surface area contributed by atoms with Gasteiger partial charge in [-0.25, -0.2) is 0 Å². The van der Waals surface area contributed by atoms with Crippen molar-refractivity contribution in [3.63, 3.8) is 0 Å². The van der Waals surface area contributed by atoms with Gasteiger partial charge in [-0.3, -0.25) is 4.79 Å². The Kier molecular flexibility index (Phi) is 4.14. The molecule has 0 radical (unpaired) electrons. The van der Waals surface area contributed by atoms with Gasteiger partial charge >= 0.3 is 0 Å². The zero-order valence-electron chi connectivity index (χ0n) is 14.0. The van der Waals surface area contributed by atoms with Gasteiger partial charge in [0.25, 0.3) is 0 Å². The van der Waals surface area contributed by atoms with Crippen LogP contribution in [0.15, 0.2) is 30.3 Å². The second kappa shape index (κ2) is 6.27. The Bertz CT molecular complexity index is 540. The number of hydrogen-bond donors (Lipinski definition) is 1. The highest BCUT2D eigenvalue weighted by Gasteiger charge is 2.51. The molecule has 3 heteroatoms. The molecular weight excluding hydrogens is 284 g/mol. The number of piperidine rings is 1. The van der Waals surface area contributed by atoms with Crippen molar-refractivity contribution < 1.29 is 4.79 Å². The molecule has 0 bridgehead atoms. The van der Waals surface area contributed by atoms with Crippen LogP contribution in [0, 0.1) is 11.3 Å². The largest absolute Gasteiger partial charge is 0.342 e. The van der Waals surface area contributed by atoms with E-state index in [1.165, 1.54) is 24.9 Å². The Morgan fingerprint density at radius 1 is 1.09 bits per heavy atom. The number of carbonyl (C=O) groups excluding carboxylic acids is 1. The number of benzene rings is 1. The smallest absolute Gasteiger partial charge is 0.229 e. The Balaban J connectivity index is 1.29. The fraction of sp³-hybridized carbons (Fsp3) is 0.650. The normalized spacial score (nSPS) is 23.7. The highest BCUT2D eigenvalue weighted by molar-refractivity contribution is 5.85. The van der Waals surface area contributed by atoms with Crippen molar-refractivity contribution in [1.82, 2.24) is 10.2 Å². The number of nitrogens with zero attached hydrogens (tertiary/aromatic N) is 1. The number of likely N-dealkylation sites (tertiary alicyclic amines) is 1. The van der Waals surface area contributed by atoms with Crippen molar-refractivity contribution >= 4 is 5.91 Å². The van der Waals surface area contributed by atoms with Crippen LogP contribution in [0.4, 0.5) is 0 Å². The number of hydrogen-bond acceptors (Lipinski definition) is 2. The third kappa shape index (κ3) is 3.60. The summed E-state index contributed by atoms with van der Waals surface area (Å²) in [4.78, 5) is 15.1. The van der Waals surface area contributed by atoms with Gasteiger partial charge in [0.15, 0.2) is 0 Å². The summed E-state index contributed by atoms with van der Waals surface area (Å²) >= 11 is 0. The highest BCUT2D eigenvalue weighted by Crippen LogP contribution is 2.50. The van der Waals surface area contributed by atoms with Crippen LogP contribution in [0.2, 0.25) is 0 Å². The Morgan fingerprint density at radius 2 is 1.78 bits per heavy atom. The van der Waals surface area contributed by atoms with E-state index in [9.17, 15) is 4.79 Å². The predicted molar refractivity (Wildman–Crippen MR) is 92.1 cm³/mol. The molecule has 1 saturated heterocycles. The molecule has 1 N–H and O–H groups in total. The van der Waals surface area contributed by atoms with Crippen LogP contribution in [0.3, 0.4) is 0 Å². The lowest BCUT2D eigenvalue weighted by atomic mass is 9.93. The van der Waals surface area contributed by atoms with Gasteiger partial charge in [-0.1, -0.05) is 30.3 Å². The summed E-state index contributed by atoms with van der Waals surface area (Å²) in [5.74, 6) is 1.36. The fourth-order valence-electron chi connectivity index (χ4n) is 3.88. The lowest BCUT2D eigenvalue weighted by Crippen LogP contribution is -2.48. The van der Waals surface area contributed by atoms with E-state index in [-0.39, 0.29) is 5.41 Å². The van der Waals surface area contributed by atoms with Gasteiger partial charge in [0.05, 0.1) is 5.41 Å². The molecule has 3 fully saturated rings. The molecular formula is C20H28N2O. The standard InChI is InChI=1S/C20H28N2O/c23-19(20(10-11-20)14-16-4-2-1-3-5-16)22-12-8-18(9-13-22)21-15-17-6-7-17/h1-5,17-18,21H,6-15H2. The molecule has 1 aliphatic heterocycles. The van der Waals surface area contributed by atoms with Gasteiger partial charge < -0.3 is 10.2 Å². The van der Waals surface area contributed by atoms with Crippen molar-refractivity contribution in [1.29, 1.82) is 0 Å². The van der Waals surface area contributed by atoms with E-state index in [0.717, 1.165) is 51.1 Å². The quantitative estimate of drug-likeness (QED) is 0.876. The molecule has 0 spiro atoms. The summed E-state index contributed by atoms with van der Waals surface area (Å²) in [6, 6.07) is 11.1. The monoisotopic (exact) mass is 312 g/mol. The minimum atomic E-state index is -0.0738. The molecule has 1 aromatic carbocycles. The SMILES string of the molecule is O=C(N1CCC(NCC2CC2)CC1)C1(Cc2ccccc2)CC1. The second-order valence-electron chi connectivity index (χ2n) is 7.86. The van der Waals surface area contributed by atoms with Crippen LogP contribution in [0.5, 0.6) is 0 Å². The summed E-state index contributed by atoms with van der Waals surface area (Å²) in [6.45, 7) is 3.08. The maximum atomic E-state index is 13.0. The molecule has 4 rings (SSSR count). The molecule has 0 atom stereocenters. The minimum absolute atomic E-state index is 0.0738. The van der Waals surface area contributed by atoms with Crippen LogP contribution in [-0.4, -0.2) is 36.5 Å². The summed E-state index contributed by atoms with van der Waals surface area (Å²) in [5.41, 5.74) is 1.23.